The fraction of sp³-hybridized carbons (Fsp3) is 0.650. The molecular weight excluding hydrogens is 316 g/mol. The fourth-order valence-electron chi connectivity index (χ4n) is 4.04. The lowest BCUT2D eigenvalue weighted by atomic mass is 9.93. The van der Waals surface area contributed by atoms with Gasteiger partial charge in [-0.1, -0.05) is 37.5 Å². The van der Waals surface area contributed by atoms with Gasteiger partial charge in [-0.25, -0.2) is 0 Å². The summed E-state index contributed by atoms with van der Waals surface area (Å²) >= 11 is 0. The Hall–Kier alpha value is -1.59. The van der Waals surface area contributed by atoms with E-state index in [9.17, 15) is 9.90 Å². The second-order valence-corrected chi connectivity index (χ2v) is 7.53. The van der Waals surface area contributed by atoms with E-state index in [1.807, 2.05) is 30.3 Å². The maximum Gasteiger partial charge on any atom is 0.219 e. The van der Waals surface area contributed by atoms with E-state index < -0.39 is 5.60 Å². The van der Waals surface area contributed by atoms with E-state index in [0.717, 1.165) is 12.3 Å². The number of benzene rings is 1. The van der Waals surface area contributed by atoms with Gasteiger partial charge < -0.3 is 14.7 Å². The van der Waals surface area contributed by atoms with Gasteiger partial charge in [0.15, 0.2) is 0 Å². The number of rotatable bonds is 4. The van der Waals surface area contributed by atoms with Crippen LogP contribution in [0.5, 0.6) is 5.75 Å². The zero-order chi connectivity index (χ0) is 17.7. The normalized spacial score (nSPS) is 26.2. The predicted octanol–water partition coefficient (Wildman–Crippen LogP) is 2.29. The van der Waals surface area contributed by atoms with Gasteiger partial charge in [-0.15, -0.1) is 0 Å². The Balaban J connectivity index is 1.71. The molecule has 5 heteroatoms. The standard InChI is InChI=1S/C20H30N2O3/c1-17(23)21-12-13-22(18-8-4-2-5-9-18)15-20(24,14-21)16-25-19-10-6-3-7-11-19/h3,6-7,10-11,18,24H,2,4-5,8-9,12-16H2,1H3/t20-/m1/s1. The summed E-state index contributed by atoms with van der Waals surface area (Å²) in [5.41, 5.74) is -1.05. The molecule has 0 spiro atoms. The second kappa shape index (κ2) is 8.19. The summed E-state index contributed by atoms with van der Waals surface area (Å²) in [5, 5.41) is 11.3. The van der Waals surface area contributed by atoms with Crippen molar-refractivity contribution in [3.63, 3.8) is 0 Å². The molecule has 2 fully saturated rings. The van der Waals surface area contributed by atoms with Crippen LogP contribution in [0.25, 0.3) is 0 Å². The summed E-state index contributed by atoms with van der Waals surface area (Å²) in [6.45, 7) is 4.18. The molecule has 1 aromatic rings. The molecule has 1 aliphatic heterocycles. The summed E-state index contributed by atoms with van der Waals surface area (Å²) < 4.78 is 5.85. The molecule has 25 heavy (non-hydrogen) atoms. The minimum Gasteiger partial charge on any atom is -0.490 e. The maximum atomic E-state index is 12.0. The molecule has 0 bridgehead atoms. The van der Waals surface area contributed by atoms with Crippen molar-refractivity contribution in [3.8, 4) is 5.75 Å². The summed E-state index contributed by atoms with van der Waals surface area (Å²) in [4.78, 5) is 16.1. The average molecular weight is 346 g/mol. The topological polar surface area (TPSA) is 53.0 Å². The van der Waals surface area contributed by atoms with Crippen LogP contribution in [0.15, 0.2) is 30.3 Å². The summed E-state index contributed by atoms with van der Waals surface area (Å²) in [7, 11) is 0. The Kier molecular flexibility index (Phi) is 5.97. The van der Waals surface area contributed by atoms with Gasteiger partial charge in [-0.3, -0.25) is 9.69 Å². The first-order valence-electron chi connectivity index (χ1n) is 9.46. The molecule has 1 heterocycles. The third kappa shape index (κ3) is 4.95. The Morgan fingerprint density at radius 1 is 1.16 bits per heavy atom. The van der Waals surface area contributed by atoms with E-state index in [2.05, 4.69) is 4.90 Å². The first-order valence-corrected chi connectivity index (χ1v) is 9.46. The van der Waals surface area contributed by atoms with Gasteiger partial charge in [0.05, 0.1) is 6.54 Å². The van der Waals surface area contributed by atoms with Crippen molar-refractivity contribution in [1.82, 2.24) is 9.80 Å². The third-order valence-corrected chi connectivity index (χ3v) is 5.43. The zero-order valence-corrected chi connectivity index (χ0v) is 15.2. The van der Waals surface area contributed by atoms with Crippen LogP contribution in [0, 0.1) is 0 Å². The van der Waals surface area contributed by atoms with E-state index >= 15 is 0 Å². The van der Waals surface area contributed by atoms with Crippen molar-refractivity contribution in [2.24, 2.45) is 0 Å². The van der Waals surface area contributed by atoms with Crippen LogP contribution in [0.4, 0.5) is 0 Å². The smallest absolute Gasteiger partial charge is 0.219 e. The predicted molar refractivity (Wildman–Crippen MR) is 97.6 cm³/mol. The van der Waals surface area contributed by atoms with E-state index in [1.165, 1.54) is 32.1 Å². The van der Waals surface area contributed by atoms with Crippen molar-refractivity contribution >= 4 is 5.91 Å². The van der Waals surface area contributed by atoms with Gasteiger partial charge in [-0.05, 0) is 25.0 Å². The largest absolute Gasteiger partial charge is 0.490 e. The highest BCUT2D eigenvalue weighted by molar-refractivity contribution is 5.73. The lowest BCUT2D eigenvalue weighted by Crippen LogP contribution is -2.53. The molecule has 2 aliphatic rings. The van der Waals surface area contributed by atoms with Crippen LogP contribution in [0.1, 0.15) is 39.0 Å². The Bertz CT molecular complexity index is 559. The van der Waals surface area contributed by atoms with Crippen LogP contribution in [-0.2, 0) is 4.79 Å². The van der Waals surface area contributed by atoms with E-state index in [4.69, 9.17) is 4.74 Å². The number of ether oxygens (including phenoxy) is 1. The zero-order valence-electron chi connectivity index (χ0n) is 15.2. The molecule has 1 amide bonds. The third-order valence-electron chi connectivity index (χ3n) is 5.43. The summed E-state index contributed by atoms with van der Waals surface area (Å²) in [6, 6.07) is 10.1. The van der Waals surface area contributed by atoms with Crippen LogP contribution >= 0.6 is 0 Å². The fourth-order valence-corrected chi connectivity index (χ4v) is 4.04. The Morgan fingerprint density at radius 2 is 1.88 bits per heavy atom. The van der Waals surface area contributed by atoms with Crippen LogP contribution < -0.4 is 4.74 Å². The SMILES string of the molecule is CC(=O)N1CCN(C2CCCCC2)C[C@@](O)(COc2ccccc2)C1. The number of hydrogen-bond acceptors (Lipinski definition) is 4. The van der Waals surface area contributed by atoms with Gasteiger partial charge in [0.1, 0.15) is 18.0 Å². The molecule has 1 saturated heterocycles. The molecule has 0 unspecified atom stereocenters. The number of para-hydroxylation sites is 1. The Labute approximate surface area is 150 Å². The van der Waals surface area contributed by atoms with Crippen LogP contribution in [0.3, 0.4) is 0 Å². The van der Waals surface area contributed by atoms with Crippen LogP contribution in [-0.4, -0.2) is 65.2 Å². The molecule has 1 saturated carbocycles. The second-order valence-electron chi connectivity index (χ2n) is 7.53. The van der Waals surface area contributed by atoms with Gasteiger partial charge in [0.25, 0.3) is 0 Å². The van der Waals surface area contributed by atoms with Gasteiger partial charge >= 0.3 is 0 Å². The molecular formula is C20H30N2O3. The molecule has 5 nitrogen and oxygen atoms in total. The maximum absolute atomic E-state index is 12.0. The molecule has 1 aliphatic carbocycles. The number of carbonyl (C=O) groups excluding carboxylic acids is 1. The van der Waals surface area contributed by atoms with Gasteiger partial charge in [0.2, 0.25) is 5.91 Å². The number of hydrogen-bond donors (Lipinski definition) is 1. The number of carbonyl (C=O) groups is 1. The highest BCUT2D eigenvalue weighted by atomic mass is 16.5. The molecule has 138 valence electrons. The van der Waals surface area contributed by atoms with Crippen molar-refractivity contribution < 1.29 is 14.6 Å². The Morgan fingerprint density at radius 3 is 2.56 bits per heavy atom. The number of nitrogens with zero attached hydrogens (tertiary/aromatic N) is 2. The van der Waals surface area contributed by atoms with E-state index in [1.54, 1.807) is 11.8 Å². The summed E-state index contributed by atoms with van der Waals surface area (Å²) in [6.07, 6.45) is 6.21. The minimum absolute atomic E-state index is 0.0173. The van der Waals surface area contributed by atoms with Gasteiger partial charge in [0, 0.05) is 32.6 Å². The first kappa shape index (κ1) is 18.2. The quantitative estimate of drug-likeness (QED) is 0.909. The van der Waals surface area contributed by atoms with Crippen molar-refractivity contribution in [2.75, 3.05) is 32.8 Å². The van der Waals surface area contributed by atoms with Crippen molar-refractivity contribution in [3.05, 3.63) is 30.3 Å². The van der Waals surface area contributed by atoms with Crippen molar-refractivity contribution in [2.45, 2.75) is 50.7 Å². The first-order chi connectivity index (χ1) is 12.1. The molecule has 0 aromatic heterocycles. The molecule has 1 N–H and O–H groups in total. The lowest BCUT2D eigenvalue weighted by molar-refractivity contribution is -0.132. The van der Waals surface area contributed by atoms with Crippen molar-refractivity contribution in [1.29, 1.82) is 0 Å². The monoisotopic (exact) mass is 346 g/mol. The minimum atomic E-state index is -1.05. The number of amides is 1. The molecule has 3 rings (SSSR count). The lowest BCUT2D eigenvalue weighted by Gasteiger charge is -2.37. The molecule has 1 aromatic carbocycles. The number of aliphatic hydroxyl groups is 1. The van der Waals surface area contributed by atoms with Crippen LogP contribution in [0.2, 0.25) is 0 Å². The molecule has 1 atom stereocenters. The highest BCUT2D eigenvalue weighted by Crippen LogP contribution is 2.26. The summed E-state index contributed by atoms with van der Waals surface area (Å²) in [5.74, 6) is 0.766. The number of β-amino-alcohol motifs (C(OH)–C–C–N with tert-alkyl or cyclic N) is 1. The molecule has 0 radical (unpaired) electrons. The average Bonchev–Trinajstić information content (AvgIpc) is 2.82. The highest BCUT2D eigenvalue weighted by Gasteiger charge is 2.39. The van der Waals surface area contributed by atoms with E-state index in [0.29, 0.717) is 25.7 Å². The van der Waals surface area contributed by atoms with E-state index in [-0.39, 0.29) is 12.5 Å². The van der Waals surface area contributed by atoms with Gasteiger partial charge in [-0.2, -0.15) is 0 Å².